The van der Waals surface area contributed by atoms with E-state index in [1.165, 1.54) is 14.7 Å². The molecule has 0 nitrogen and oxygen atoms in total. The molecule has 56 valence electrons. The van der Waals surface area contributed by atoms with E-state index >= 15 is 0 Å². The quantitative estimate of drug-likeness (QED) is 0.616. The maximum atomic E-state index is 2.50. The first-order valence-corrected chi connectivity index (χ1v) is 10.4. The Morgan fingerprint density at radius 1 is 1.10 bits per heavy atom. The summed E-state index contributed by atoms with van der Waals surface area (Å²) in [4.78, 5) is 0. The van der Waals surface area contributed by atoms with Gasteiger partial charge in [-0.05, 0) is 0 Å². The molecule has 0 saturated heterocycles. The summed E-state index contributed by atoms with van der Waals surface area (Å²) in [6.45, 7) is 4.32. The molecule has 1 aromatic carbocycles. The Balaban J connectivity index is 3.06. The van der Waals surface area contributed by atoms with E-state index in [2.05, 4.69) is 50.7 Å². The average Bonchev–Trinajstić information content (AvgIpc) is 1.85. The SMILES string of the molecule is Cc1cc(C)cc([I-]I)c1. The molecule has 0 aliphatic carbocycles. The second kappa shape index (κ2) is 3.90. The molecular formula is C8H9I2-. The first-order chi connectivity index (χ1) is 4.72. The van der Waals surface area contributed by atoms with Gasteiger partial charge in [-0.2, -0.15) is 0 Å². The topological polar surface area (TPSA) is 0 Å². The zero-order chi connectivity index (χ0) is 7.56. The number of benzene rings is 1. The van der Waals surface area contributed by atoms with Crippen LogP contribution in [0.2, 0.25) is 0 Å². The monoisotopic (exact) mass is 359 g/mol. The Hall–Kier alpha value is 0.680. The molecule has 0 radical (unpaired) electrons. The van der Waals surface area contributed by atoms with Gasteiger partial charge in [0.15, 0.2) is 0 Å². The fourth-order valence-electron chi connectivity index (χ4n) is 0.960. The zero-order valence-electron chi connectivity index (χ0n) is 5.99. The van der Waals surface area contributed by atoms with E-state index < -0.39 is 0 Å². The van der Waals surface area contributed by atoms with E-state index in [-0.39, 0.29) is 17.2 Å². The molecule has 1 rings (SSSR count). The summed E-state index contributed by atoms with van der Waals surface area (Å²) >= 11 is 2.74. The Bertz CT molecular complexity index is 210. The summed E-state index contributed by atoms with van der Waals surface area (Å²) in [5, 5.41) is 0. The molecule has 10 heavy (non-hydrogen) atoms. The molecule has 0 aliphatic rings. The molecule has 0 unspecified atom stereocenters. The van der Waals surface area contributed by atoms with E-state index in [4.69, 9.17) is 0 Å². The summed E-state index contributed by atoms with van der Waals surface area (Å²) in [7, 11) is 0. The Labute approximate surface area is 81.8 Å². The van der Waals surface area contributed by atoms with Crippen LogP contribution < -0.4 is 17.2 Å². The normalized spacial score (nSPS) is 10.3. The predicted molar refractivity (Wildman–Crippen MR) is 48.6 cm³/mol. The van der Waals surface area contributed by atoms with E-state index in [1.54, 1.807) is 0 Å². The summed E-state index contributed by atoms with van der Waals surface area (Å²) in [6, 6.07) is 6.79. The third kappa shape index (κ3) is 2.38. The van der Waals surface area contributed by atoms with Gasteiger partial charge in [-0.1, -0.05) is 0 Å². The standard InChI is InChI=1S/C8H9I2/c1-6-3-7(2)5-8(4-6)10-9/h3-5H,1-2H3/q-1. The van der Waals surface area contributed by atoms with Crippen molar-refractivity contribution in [2.24, 2.45) is 0 Å². The number of halogens is 2. The molecule has 0 amide bonds. The molecule has 1 aromatic rings. The molecule has 2 heteroatoms. The third-order valence-corrected chi connectivity index (χ3v) is 5.52. The third-order valence-electron chi connectivity index (χ3n) is 1.27. The van der Waals surface area contributed by atoms with Gasteiger partial charge in [0.1, 0.15) is 0 Å². The maximum absolute atomic E-state index is 2.50. The molecule has 0 N–H and O–H groups in total. The van der Waals surface area contributed by atoms with Gasteiger partial charge in [-0.25, -0.2) is 0 Å². The second-order valence-corrected chi connectivity index (χ2v) is 6.77. The predicted octanol–water partition coefficient (Wildman–Crippen LogP) is -0.0880. The van der Waals surface area contributed by atoms with Crippen molar-refractivity contribution in [3.8, 4) is 0 Å². The van der Waals surface area contributed by atoms with Gasteiger partial charge in [-0.3, -0.25) is 0 Å². The Morgan fingerprint density at radius 2 is 1.60 bits per heavy atom. The number of hydrogen-bond acceptors (Lipinski definition) is 0. The molecule has 0 fully saturated rings. The number of aryl methyl sites for hydroxylation is 2. The van der Waals surface area contributed by atoms with Gasteiger partial charge in [-0.15, -0.1) is 0 Å². The van der Waals surface area contributed by atoms with Crippen molar-refractivity contribution in [3.05, 3.63) is 32.9 Å². The van der Waals surface area contributed by atoms with Crippen molar-refractivity contribution in [1.82, 2.24) is 0 Å². The van der Waals surface area contributed by atoms with Gasteiger partial charge in [0.25, 0.3) is 0 Å². The van der Waals surface area contributed by atoms with Crippen LogP contribution in [0.5, 0.6) is 0 Å². The minimum atomic E-state index is 0.246. The fraction of sp³-hybridized carbons (Fsp3) is 0.250. The van der Waals surface area contributed by atoms with Gasteiger partial charge in [0.05, 0.1) is 0 Å². The van der Waals surface area contributed by atoms with E-state index in [1.807, 2.05) is 0 Å². The van der Waals surface area contributed by atoms with Crippen LogP contribution in [0.3, 0.4) is 0 Å². The van der Waals surface area contributed by atoms with Crippen molar-refractivity contribution >= 4 is 18.6 Å². The average molecular weight is 359 g/mol. The van der Waals surface area contributed by atoms with Crippen LogP contribution in [0.4, 0.5) is 0 Å². The van der Waals surface area contributed by atoms with Crippen LogP contribution in [-0.4, -0.2) is 0 Å². The van der Waals surface area contributed by atoms with Gasteiger partial charge in [0.2, 0.25) is 0 Å². The fourth-order valence-corrected chi connectivity index (χ4v) is 3.76. The molecule has 0 atom stereocenters. The molecule has 0 aliphatic heterocycles. The number of rotatable bonds is 1. The van der Waals surface area contributed by atoms with E-state index in [0.717, 1.165) is 0 Å². The van der Waals surface area contributed by atoms with Crippen LogP contribution >= 0.6 is 18.6 Å². The molecular weight excluding hydrogens is 350 g/mol. The van der Waals surface area contributed by atoms with Crippen molar-refractivity contribution in [3.63, 3.8) is 0 Å². The summed E-state index contributed by atoms with van der Waals surface area (Å²) in [5.41, 5.74) is 2.79. The zero-order valence-corrected chi connectivity index (χ0v) is 10.3. The summed E-state index contributed by atoms with van der Waals surface area (Å²) in [6.07, 6.45) is 0. The molecule has 0 bridgehead atoms. The van der Waals surface area contributed by atoms with E-state index in [0.29, 0.717) is 0 Å². The summed E-state index contributed by atoms with van der Waals surface area (Å²) in [5.74, 6) is 0. The summed E-state index contributed by atoms with van der Waals surface area (Å²) < 4.78 is 1.54. The van der Waals surface area contributed by atoms with Gasteiger partial charge >= 0.3 is 82.6 Å². The van der Waals surface area contributed by atoms with Gasteiger partial charge in [0, 0.05) is 0 Å². The van der Waals surface area contributed by atoms with Crippen molar-refractivity contribution < 1.29 is 17.2 Å². The van der Waals surface area contributed by atoms with Crippen molar-refractivity contribution in [1.29, 1.82) is 0 Å². The molecule has 0 saturated carbocycles. The molecule has 0 spiro atoms. The molecule has 0 heterocycles. The molecule has 0 aromatic heterocycles. The van der Waals surface area contributed by atoms with Crippen molar-refractivity contribution in [2.45, 2.75) is 13.8 Å². The van der Waals surface area contributed by atoms with Crippen LogP contribution in [-0.2, 0) is 0 Å². The van der Waals surface area contributed by atoms with Crippen LogP contribution in [0.15, 0.2) is 18.2 Å². The Kier molecular flexibility index (Phi) is 3.42. The van der Waals surface area contributed by atoms with Crippen LogP contribution in [0.1, 0.15) is 11.1 Å². The number of hydrogen-bond donors (Lipinski definition) is 0. The minimum absolute atomic E-state index is 0.246. The van der Waals surface area contributed by atoms with Crippen LogP contribution in [0, 0.1) is 17.4 Å². The van der Waals surface area contributed by atoms with Gasteiger partial charge < -0.3 is 0 Å². The Morgan fingerprint density at radius 3 is 2.00 bits per heavy atom. The first kappa shape index (κ1) is 8.77. The second-order valence-electron chi connectivity index (χ2n) is 2.38. The first-order valence-electron chi connectivity index (χ1n) is 3.06. The van der Waals surface area contributed by atoms with E-state index in [9.17, 15) is 0 Å². The van der Waals surface area contributed by atoms with Crippen LogP contribution in [0.25, 0.3) is 0 Å². The van der Waals surface area contributed by atoms with Crippen molar-refractivity contribution in [2.75, 3.05) is 0 Å².